The van der Waals surface area contributed by atoms with Crippen molar-refractivity contribution >= 4 is 17.1 Å². The van der Waals surface area contributed by atoms with Gasteiger partial charge in [-0.1, -0.05) is 6.92 Å². The fourth-order valence-corrected chi connectivity index (χ4v) is 2.11. The van der Waals surface area contributed by atoms with Crippen LogP contribution in [0, 0.1) is 10.1 Å². The molecule has 0 atom stereocenters. The predicted octanol–water partition coefficient (Wildman–Crippen LogP) is 2.35. The second-order valence-electron chi connectivity index (χ2n) is 4.92. The Kier molecular flexibility index (Phi) is 4.21. The number of rotatable bonds is 6. The van der Waals surface area contributed by atoms with Crippen LogP contribution in [0.1, 0.15) is 26.2 Å². The Bertz CT molecular complexity index is 458. The number of anilines is 2. The molecule has 19 heavy (non-hydrogen) atoms. The molecule has 6 nitrogen and oxygen atoms in total. The summed E-state index contributed by atoms with van der Waals surface area (Å²) in [7, 11) is 0. The van der Waals surface area contributed by atoms with Crippen LogP contribution in [0.15, 0.2) is 18.2 Å². The molecule has 0 unspecified atom stereocenters. The summed E-state index contributed by atoms with van der Waals surface area (Å²) in [5, 5.41) is 26.5. The van der Waals surface area contributed by atoms with Crippen molar-refractivity contribution in [1.82, 2.24) is 0 Å². The first-order chi connectivity index (χ1) is 9.08. The molecular formula is C13H19N3O3. The van der Waals surface area contributed by atoms with Gasteiger partial charge in [0.25, 0.3) is 5.69 Å². The number of nitro groups is 1. The summed E-state index contributed by atoms with van der Waals surface area (Å²) in [5.74, 6) is 0. The van der Waals surface area contributed by atoms with Gasteiger partial charge >= 0.3 is 0 Å². The largest absolute Gasteiger partial charge is 0.393 e. The molecule has 1 aliphatic carbocycles. The number of aliphatic hydroxyl groups excluding tert-OH is 1. The van der Waals surface area contributed by atoms with Gasteiger partial charge in [0.2, 0.25) is 0 Å². The van der Waals surface area contributed by atoms with E-state index in [1.807, 2.05) is 13.0 Å². The predicted molar refractivity (Wildman–Crippen MR) is 74.5 cm³/mol. The zero-order chi connectivity index (χ0) is 13.8. The molecular weight excluding hydrogens is 246 g/mol. The lowest BCUT2D eigenvalue weighted by molar-refractivity contribution is -0.384. The van der Waals surface area contributed by atoms with Gasteiger partial charge in [0.1, 0.15) is 0 Å². The molecule has 1 aromatic rings. The lowest BCUT2D eigenvalue weighted by atomic mass is 9.89. The van der Waals surface area contributed by atoms with Crippen LogP contribution >= 0.6 is 0 Å². The quantitative estimate of drug-likeness (QED) is 0.543. The van der Waals surface area contributed by atoms with Crippen LogP contribution < -0.4 is 10.6 Å². The summed E-state index contributed by atoms with van der Waals surface area (Å²) in [6.45, 7) is 2.82. The molecule has 6 heteroatoms. The van der Waals surface area contributed by atoms with Crippen molar-refractivity contribution in [3.05, 3.63) is 28.3 Å². The van der Waals surface area contributed by atoms with E-state index in [2.05, 4.69) is 10.6 Å². The van der Waals surface area contributed by atoms with Crippen LogP contribution in [0.5, 0.6) is 0 Å². The minimum absolute atomic E-state index is 0.0727. The highest BCUT2D eigenvalue weighted by atomic mass is 16.6. The van der Waals surface area contributed by atoms with Gasteiger partial charge in [-0.15, -0.1) is 0 Å². The fourth-order valence-electron chi connectivity index (χ4n) is 2.11. The normalized spacial score (nSPS) is 21.6. The summed E-state index contributed by atoms with van der Waals surface area (Å²) < 4.78 is 0. The van der Waals surface area contributed by atoms with Gasteiger partial charge in [-0.25, -0.2) is 0 Å². The van der Waals surface area contributed by atoms with Gasteiger partial charge in [-0.05, 0) is 25.3 Å². The zero-order valence-electron chi connectivity index (χ0n) is 10.9. The van der Waals surface area contributed by atoms with E-state index in [1.165, 1.54) is 12.1 Å². The summed E-state index contributed by atoms with van der Waals surface area (Å²) >= 11 is 0. The minimum atomic E-state index is -0.391. The molecule has 1 fully saturated rings. The number of non-ortho nitro benzene ring substituents is 1. The first kappa shape index (κ1) is 13.6. The second kappa shape index (κ2) is 5.88. The monoisotopic (exact) mass is 265 g/mol. The van der Waals surface area contributed by atoms with Crippen LogP contribution in [0.2, 0.25) is 0 Å². The van der Waals surface area contributed by atoms with Crippen molar-refractivity contribution in [1.29, 1.82) is 0 Å². The molecule has 0 saturated heterocycles. The summed E-state index contributed by atoms with van der Waals surface area (Å²) in [6.07, 6.45) is 2.11. The Morgan fingerprint density at radius 1 is 1.37 bits per heavy atom. The van der Waals surface area contributed by atoms with Crippen molar-refractivity contribution in [2.75, 3.05) is 17.2 Å². The molecule has 0 aromatic heterocycles. The molecule has 1 aromatic carbocycles. The van der Waals surface area contributed by atoms with Gasteiger partial charge < -0.3 is 15.7 Å². The average Bonchev–Trinajstić information content (AvgIpc) is 2.34. The van der Waals surface area contributed by atoms with Gasteiger partial charge in [-0.2, -0.15) is 0 Å². The molecule has 104 valence electrons. The van der Waals surface area contributed by atoms with Crippen molar-refractivity contribution in [2.24, 2.45) is 0 Å². The van der Waals surface area contributed by atoms with Crippen LogP contribution in [0.3, 0.4) is 0 Å². The first-order valence-electron chi connectivity index (χ1n) is 6.56. The zero-order valence-corrected chi connectivity index (χ0v) is 10.9. The highest BCUT2D eigenvalue weighted by molar-refractivity contribution is 5.63. The molecule has 2 rings (SSSR count). The van der Waals surface area contributed by atoms with Crippen molar-refractivity contribution in [3.8, 4) is 0 Å². The van der Waals surface area contributed by atoms with Gasteiger partial charge in [0.15, 0.2) is 0 Å². The summed E-state index contributed by atoms with van der Waals surface area (Å²) in [5.41, 5.74) is 1.55. The molecule has 0 bridgehead atoms. The lowest BCUT2D eigenvalue weighted by Crippen LogP contribution is -2.38. The molecule has 0 radical (unpaired) electrons. The SMILES string of the molecule is CCCNc1cc(NC2CC(O)C2)cc([N+](=O)[O-])c1. The lowest BCUT2D eigenvalue weighted by Gasteiger charge is -2.32. The van der Waals surface area contributed by atoms with E-state index in [-0.39, 0.29) is 17.8 Å². The minimum Gasteiger partial charge on any atom is -0.393 e. The van der Waals surface area contributed by atoms with E-state index in [0.717, 1.165) is 24.3 Å². The standard InChI is InChI=1S/C13H19N3O3/c1-2-3-14-9-4-10(6-12(5-9)16(18)19)15-11-7-13(17)8-11/h4-6,11,13-15,17H,2-3,7-8H2,1H3. The Morgan fingerprint density at radius 3 is 2.63 bits per heavy atom. The van der Waals surface area contributed by atoms with Gasteiger partial charge in [0.05, 0.1) is 11.0 Å². The number of hydrogen-bond acceptors (Lipinski definition) is 5. The average molecular weight is 265 g/mol. The number of nitrogens with one attached hydrogen (secondary N) is 2. The second-order valence-corrected chi connectivity index (χ2v) is 4.92. The highest BCUT2D eigenvalue weighted by Gasteiger charge is 2.27. The number of aliphatic hydroxyl groups is 1. The maximum absolute atomic E-state index is 10.9. The third kappa shape index (κ3) is 3.57. The maximum Gasteiger partial charge on any atom is 0.273 e. The van der Waals surface area contributed by atoms with E-state index in [4.69, 9.17) is 0 Å². The van der Waals surface area contributed by atoms with Gasteiger partial charge in [0, 0.05) is 36.1 Å². The van der Waals surface area contributed by atoms with Crippen LogP contribution in [-0.4, -0.2) is 28.7 Å². The summed E-state index contributed by atoms with van der Waals surface area (Å²) in [6, 6.07) is 5.14. The number of hydrogen-bond donors (Lipinski definition) is 3. The van der Waals surface area contributed by atoms with Crippen LogP contribution in [0.25, 0.3) is 0 Å². The molecule has 0 amide bonds. The van der Waals surface area contributed by atoms with Gasteiger partial charge in [-0.3, -0.25) is 10.1 Å². The molecule has 1 aliphatic rings. The Morgan fingerprint density at radius 2 is 2.05 bits per heavy atom. The topological polar surface area (TPSA) is 87.4 Å². The van der Waals surface area contributed by atoms with Crippen molar-refractivity contribution in [3.63, 3.8) is 0 Å². The van der Waals surface area contributed by atoms with E-state index in [0.29, 0.717) is 12.8 Å². The van der Waals surface area contributed by atoms with Crippen molar-refractivity contribution < 1.29 is 10.0 Å². The fraction of sp³-hybridized carbons (Fsp3) is 0.538. The third-order valence-corrected chi connectivity index (χ3v) is 3.19. The smallest absolute Gasteiger partial charge is 0.273 e. The maximum atomic E-state index is 10.9. The van der Waals surface area contributed by atoms with Crippen LogP contribution in [-0.2, 0) is 0 Å². The molecule has 3 N–H and O–H groups in total. The highest BCUT2D eigenvalue weighted by Crippen LogP contribution is 2.29. The van der Waals surface area contributed by atoms with Crippen LogP contribution in [0.4, 0.5) is 17.1 Å². The molecule has 0 aliphatic heterocycles. The molecule has 0 spiro atoms. The Hall–Kier alpha value is -1.82. The Labute approximate surface area is 112 Å². The van der Waals surface area contributed by atoms with E-state index >= 15 is 0 Å². The van der Waals surface area contributed by atoms with Crippen molar-refractivity contribution in [2.45, 2.75) is 38.3 Å². The molecule has 0 heterocycles. The van der Waals surface area contributed by atoms with E-state index in [1.54, 1.807) is 0 Å². The number of nitro benzene ring substituents is 1. The molecule has 1 saturated carbocycles. The third-order valence-electron chi connectivity index (χ3n) is 3.19. The van der Waals surface area contributed by atoms with E-state index < -0.39 is 4.92 Å². The van der Waals surface area contributed by atoms with E-state index in [9.17, 15) is 15.2 Å². The Balaban J connectivity index is 2.11. The first-order valence-corrected chi connectivity index (χ1v) is 6.56. The summed E-state index contributed by atoms with van der Waals surface area (Å²) in [4.78, 5) is 10.5. The number of benzene rings is 1. The number of nitrogens with zero attached hydrogens (tertiary/aromatic N) is 1.